The van der Waals surface area contributed by atoms with Crippen molar-refractivity contribution < 1.29 is 45.2 Å². The molecule has 1 aromatic heterocycles. The molecule has 2 aliphatic rings. The number of cyclic esters (lactones) is 1. The molecule has 2 fully saturated rings. The van der Waals surface area contributed by atoms with E-state index in [4.69, 9.17) is 4.74 Å². The summed E-state index contributed by atoms with van der Waals surface area (Å²) in [6.45, 7) is 0.185. The quantitative estimate of drug-likeness (QED) is 0.170. The van der Waals surface area contributed by atoms with Gasteiger partial charge in [-0.1, -0.05) is 6.07 Å². The van der Waals surface area contributed by atoms with Crippen LogP contribution in [0.15, 0.2) is 48.5 Å². The van der Waals surface area contributed by atoms with Gasteiger partial charge < -0.3 is 4.74 Å². The Kier molecular flexibility index (Phi) is 6.70. The molecular weight excluding hydrogens is 563 g/mol. The van der Waals surface area contributed by atoms with Crippen LogP contribution in [-0.2, 0) is 29.2 Å². The Bertz CT molecular complexity index is 1520. The van der Waals surface area contributed by atoms with E-state index in [-0.39, 0.29) is 28.8 Å². The van der Waals surface area contributed by atoms with Crippen molar-refractivity contribution in [2.45, 2.75) is 50.1 Å². The van der Waals surface area contributed by atoms with Gasteiger partial charge >= 0.3 is 18.4 Å². The first kappa shape index (κ1) is 28.3. The summed E-state index contributed by atoms with van der Waals surface area (Å²) in [5, 5.41) is 11.3. The van der Waals surface area contributed by atoms with Gasteiger partial charge in [-0.05, 0) is 55.7 Å². The van der Waals surface area contributed by atoms with E-state index < -0.39 is 70.3 Å². The van der Waals surface area contributed by atoms with Crippen LogP contribution >= 0.6 is 0 Å². The first-order chi connectivity index (χ1) is 19.1. The highest BCUT2D eigenvalue weighted by molar-refractivity contribution is 5.74. The van der Waals surface area contributed by atoms with Crippen LogP contribution in [0, 0.1) is 15.9 Å². The van der Waals surface area contributed by atoms with E-state index in [2.05, 4.69) is 4.98 Å². The molecule has 0 spiro atoms. The standard InChI is InChI=1S/C27H20F7N3O4/c1-25(15-8-16(26(29,30)31)10-17(9-15)27(32,33)34)13-41-24(38)36(25)12-23-19(5-7-22(35-23)14-2-3-14)20-11-18(37(39)40)4-6-21(20)28/h4-11,14H,2-3,12-13H2,1H3/t25-/m1/s1. The Balaban J connectivity index is 1.63. The van der Waals surface area contributed by atoms with Crippen LogP contribution in [0.1, 0.15) is 53.8 Å². The molecule has 0 unspecified atom stereocenters. The molecule has 1 aliphatic heterocycles. The number of amides is 1. The highest BCUT2D eigenvalue weighted by Crippen LogP contribution is 2.44. The van der Waals surface area contributed by atoms with E-state index in [9.17, 15) is 45.6 Å². The average molecular weight is 583 g/mol. The van der Waals surface area contributed by atoms with E-state index in [0.717, 1.165) is 35.9 Å². The summed E-state index contributed by atoms with van der Waals surface area (Å²) < 4.78 is 102. The van der Waals surface area contributed by atoms with Gasteiger partial charge in [-0.15, -0.1) is 0 Å². The Morgan fingerprint density at radius 1 is 1.00 bits per heavy atom. The number of ether oxygens (including phenoxy) is 1. The summed E-state index contributed by atoms with van der Waals surface area (Å²) >= 11 is 0. The minimum atomic E-state index is -5.12. The molecule has 0 radical (unpaired) electrons. The number of halogens is 7. The number of hydrogen-bond acceptors (Lipinski definition) is 5. The lowest BCUT2D eigenvalue weighted by molar-refractivity contribution is -0.384. The molecule has 1 saturated heterocycles. The van der Waals surface area contributed by atoms with Crippen LogP contribution in [-0.4, -0.2) is 27.5 Å². The number of nitro benzene ring substituents is 1. The Morgan fingerprint density at radius 2 is 1.63 bits per heavy atom. The van der Waals surface area contributed by atoms with Gasteiger partial charge in [0.25, 0.3) is 5.69 Å². The monoisotopic (exact) mass is 583 g/mol. The van der Waals surface area contributed by atoms with Crippen LogP contribution in [0.2, 0.25) is 0 Å². The first-order valence-electron chi connectivity index (χ1n) is 12.3. The molecule has 2 heterocycles. The zero-order chi connectivity index (χ0) is 29.9. The summed E-state index contributed by atoms with van der Waals surface area (Å²) in [6, 6.07) is 6.96. The van der Waals surface area contributed by atoms with Crippen molar-refractivity contribution >= 4 is 11.8 Å². The third-order valence-electron chi connectivity index (χ3n) is 7.25. The number of carbonyl (C=O) groups is 1. The third kappa shape index (κ3) is 5.42. The maximum absolute atomic E-state index is 14.9. The second kappa shape index (κ2) is 9.70. The van der Waals surface area contributed by atoms with Gasteiger partial charge in [-0.2, -0.15) is 26.3 Å². The molecule has 0 N–H and O–H groups in total. The summed E-state index contributed by atoms with van der Waals surface area (Å²) in [5.74, 6) is -0.759. The molecule has 0 bridgehead atoms. The lowest BCUT2D eigenvalue weighted by Gasteiger charge is -2.33. The van der Waals surface area contributed by atoms with E-state index in [1.54, 1.807) is 6.07 Å². The molecule has 7 nitrogen and oxygen atoms in total. The number of nitro groups is 1. The van der Waals surface area contributed by atoms with Gasteiger partial charge in [0.15, 0.2) is 0 Å². The molecule has 2 aromatic carbocycles. The molecule has 1 aliphatic carbocycles. The number of aromatic nitrogens is 1. The third-order valence-corrected chi connectivity index (χ3v) is 7.25. The fraction of sp³-hybridized carbons (Fsp3) is 0.333. The van der Waals surface area contributed by atoms with E-state index in [1.165, 1.54) is 13.0 Å². The van der Waals surface area contributed by atoms with Gasteiger partial charge in [0.05, 0.1) is 28.3 Å². The number of benzene rings is 2. The topological polar surface area (TPSA) is 85.6 Å². The van der Waals surface area contributed by atoms with Gasteiger partial charge in [0, 0.05) is 34.9 Å². The number of nitrogens with zero attached hydrogens (tertiary/aromatic N) is 3. The highest BCUT2D eigenvalue weighted by Gasteiger charge is 2.48. The fourth-order valence-corrected chi connectivity index (χ4v) is 4.78. The zero-order valence-corrected chi connectivity index (χ0v) is 21.1. The fourth-order valence-electron chi connectivity index (χ4n) is 4.78. The van der Waals surface area contributed by atoms with Crippen LogP contribution in [0.4, 0.5) is 41.2 Å². The second-order valence-electron chi connectivity index (χ2n) is 10.1. The number of carbonyl (C=O) groups excluding carboxylic acids is 1. The minimum Gasteiger partial charge on any atom is -0.447 e. The Labute approximate surface area is 227 Å². The molecule has 1 amide bonds. The Hall–Kier alpha value is -4.23. The number of pyridine rings is 1. The molecule has 3 aromatic rings. The lowest BCUT2D eigenvalue weighted by atomic mass is 9.88. The Morgan fingerprint density at radius 3 is 2.20 bits per heavy atom. The highest BCUT2D eigenvalue weighted by atomic mass is 19.4. The normalized spacial score (nSPS) is 19.4. The molecule has 14 heteroatoms. The summed E-state index contributed by atoms with van der Waals surface area (Å²) in [4.78, 5) is 29.0. The summed E-state index contributed by atoms with van der Waals surface area (Å²) in [5.41, 5.74) is -5.35. The lowest BCUT2D eigenvalue weighted by Crippen LogP contribution is -2.42. The molecule has 41 heavy (non-hydrogen) atoms. The number of non-ortho nitro benzene ring substituents is 1. The zero-order valence-electron chi connectivity index (χ0n) is 21.1. The van der Waals surface area contributed by atoms with Crippen molar-refractivity contribution in [2.75, 3.05) is 6.61 Å². The van der Waals surface area contributed by atoms with Crippen molar-refractivity contribution in [2.24, 2.45) is 0 Å². The summed E-state index contributed by atoms with van der Waals surface area (Å²) in [7, 11) is 0. The van der Waals surface area contributed by atoms with Gasteiger partial charge in [0.2, 0.25) is 0 Å². The minimum absolute atomic E-state index is 0.0152. The van der Waals surface area contributed by atoms with Gasteiger partial charge in [-0.25, -0.2) is 9.18 Å². The van der Waals surface area contributed by atoms with Crippen LogP contribution in [0.3, 0.4) is 0 Å². The predicted octanol–water partition coefficient (Wildman–Crippen LogP) is 7.58. The van der Waals surface area contributed by atoms with Gasteiger partial charge in [0.1, 0.15) is 18.0 Å². The smallest absolute Gasteiger partial charge is 0.416 e. The van der Waals surface area contributed by atoms with Crippen molar-refractivity contribution in [3.05, 3.63) is 92.5 Å². The number of hydrogen-bond donors (Lipinski definition) is 0. The molecular formula is C27H20F7N3O4. The second-order valence-corrected chi connectivity index (χ2v) is 10.1. The van der Waals surface area contributed by atoms with Gasteiger partial charge in [-0.3, -0.25) is 20.0 Å². The van der Waals surface area contributed by atoms with Crippen molar-refractivity contribution in [1.29, 1.82) is 0 Å². The molecule has 1 atom stereocenters. The first-order valence-corrected chi connectivity index (χ1v) is 12.3. The van der Waals surface area contributed by atoms with Crippen LogP contribution in [0.5, 0.6) is 0 Å². The van der Waals surface area contributed by atoms with Crippen molar-refractivity contribution in [3.8, 4) is 11.1 Å². The van der Waals surface area contributed by atoms with Crippen molar-refractivity contribution in [3.63, 3.8) is 0 Å². The largest absolute Gasteiger partial charge is 0.447 e. The SMILES string of the molecule is C[C@]1(c2cc(C(F)(F)F)cc(C(F)(F)F)c2)COC(=O)N1Cc1nc(C2CC2)ccc1-c1cc([N+](=O)[O-])ccc1F. The number of alkyl halides is 6. The van der Waals surface area contributed by atoms with E-state index >= 15 is 0 Å². The van der Waals surface area contributed by atoms with E-state index in [1.807, 2.05) is 0 Å². The molecule has 5 rings (SSSR count). The van der Waals surface area contributed by atoms with Crippen LogP contribution in [0.25, 0.3) is 11.1 Å². The maximum atomic E-state index is 14.9. The molecule has 1 saturated carbocycles. The van der Waals surface area contributed by atoms with Crippen molar-refractivity contribution in [1.82, 2.24) is 9.88 Å². The number of rotatable bonds is 6. The van der Waals surface area contributed by atoms with E-state index in [0.29, 0.717) is 17.8 Å². The summed E-state index contributed by atoms with van der Waals surface area (Å²) in [6.07, 6.45) is -9.65. The molecule has 216 valence electrons. The maximum Gasteiger partial charge on any atom is 0.416 e. The predicted molar refractivity (Wildman–Crippen MR) is 129 cm³/mol. The van der Waals surface area contributed by atoms with Crippen LogP contribution < -0.4 is 0 Å². The average Bonchev–Trinajstić information content (AvgIpc) is 3.70.